The summed E-state index contributed by atoms with van der Waals surface area (Å²) < 4.78 is 20.9. The molecular weight excluding hydrogens is 719 g/mol. The van der Waals surface area contributed by atoms with Crippen LogP contribution in [0.2, 0.25) is 5.02 Å². The maximum absolute atomic E-state index is 13.1. The minimum Gasteiger partial charge on any atom is -0.487 e. The van der Waals surface area contributed by atoms with Crippen molar-refractivity contribution in [2.75, 3.05) is 11.9 Å². The molecule has 1 aliphatic heterocycles. The first-order chi connectivity index (χ1) is 17.6. The summed E-state index contributed by atoms with van der Waals surface area (Å²) in [6.07, 6.45) is 1.57. The maximum atomic E-state index is 13.1. The maximum Gasteiger partial charge on any atom is 0.294 e. The highest BCUT2D eigenvalue weighted by atomic mass is 79.9. The van der Waals surface area contributed by atoms with Crippen molar-refractivity contribution in [3.05, 3.63) is 94.9 Å². The number of carbonyl (C=O) groups is 3. The fourth-order valence-corrected chi connectivity index (χ4v) is 5.96. The van der Waals surface area contributed by atoms with E-state index >= 15 is 0 Å². The van der Waals surface area contributed by atoms with Crippen LogP contribution in [0.4, 0.5) is 14.9 Å². The summed E-state index contributed by atoms with van der Waals surface area (Å²) in [7, 11) is 0. The highest BCUT2D eigenvalue weighted by Crippen LogP contribution is 2.38. The smallest absolute Gasteiger partial charge is 0.294 e. The van der Waals surface area contributed by atoms with Crippen LogP contribution in [-0.2, 0) is 16.2 Å². The SMILES string of the molecule is O=C(CN1C(=O)S/C(=C/c2cc(Br)c(OCc3ccc(F)cc3)c(Br)c2)C1=O)Nc1ccc(Br)c(Cl)c1. The number of ether oxygens (including phenoxy) is 1. The number of carbonyl (C=O) groups excluding carboxylic acids is 3. The molecule has 0 unspecified atom stereocenters. The van der Waals surface area contributed by atoms with Crippen LogP contribution in [0, 0.1) is 5.82 Å². The quantitative estimate of drug-likeness (QED) is 0.249. The molecule has 0 aromatic heterocycles. The Kier molecular flexibility index (Phi) is 9.12. The number of rotatable bonds is 7. The topological polar surface area (TPSA) is 75.7 Å². The molecule has 3 amide bonds. The molecule has 3 aromatic carbocycles. The minimum absolute atomic E-state index is 0.184. The van der Waals surface area contributed by atoms with Crippen molar-refractivity contribution in [3.8, 4) is 5.75 Å². The molecule has 1 saturated heterocycles. The largest absolute Gasteiger partial charge is 0.487 e. The van der Waals surface area contributed by atoms with Gasteiger partial charge in [-0.3, -0.25) is 19.3 Å². The van der Waals surface area contributed by atoms with Gasteiger partial charge in [0.2, 0.25) is 5.91 Å². The Morgan fingerprint density at radius 1 is 1.03 bits per heavy atom. The number of nitrogens with zero attached hydrogens (tertiary/aromatic N) is 1. The van der Waals surface area contributed by atoms with E-state index in [4.69, 9.17) is 16.3 Å². The number of hydrogen-bond donors (Lipinski definition) is 1. The summed E-state index contributed by atoms with van der Waals surface area (Å²) in [4.78, 5) is 38.8. The van der Waals surface area contributed by atoms with Gasteiger partial charge in [-0.1, -0.05) is 23.7 Å². The van der Waals surface area contributed by atoms with Crippen LogP contribution in [0.3, 0.4) is 0 Å². The van der Waals surface area contributed by atoms with Crippen molar-refractivity contribution in [2.45, 2.75) is 6.61 Å². The van der Waals surface area contributed by atoms with Gasteiger partial charge in [-0.15, -0.1) is 0 Å². The lowest BCUT2D eigenvalue weighted by Gasteiger charge is -2.13. The van der Waals surface area contributed by atoms with Gasteiger partial charge in [0.1, 0.15) is 24.7 Å². The highest BCUT2D eigenvalue weighted by molar-refractivity contribution is 9.11. The molecule has 3 aromatic rings. The van der Waals surface area contributed by atoms with Crippen molar-refractivity contribution in [1.82, 2.24) is 4.90 Å². The monoisotopic (exact) mass is 730 g/mol. The van der Waals surface area contributed by atoms with Crippen LogP contribution in [0.5, 0.6) is 5.75 Å². The molecule has 0 saturated carbocycles. The van der Waals surface area contributed by atoms with Gasteiger partial charge in [0.15, 0.2) is 0 Å². The lowest BCUT2D eigenvalue weighted by Crippen LogP contribution is -2.36. The van der Waals surface area contributed by atoms with Crippen LogP contribution in [0.1, 0.15) is 11.1 Å². The van der Waals surface area contributed by atoms with Gasteiger partial charge < -0.3 is 10.1 Å². The van der Waals surface area contributed by atoms with Gasteiger partial charge in [0.05, 0.1) is 18.9 Å². The number of hydrogen-bond acceptors (Lipinski definition) is 5. The van der Waals surface area contributed by atoms with Crippen molar-refractivity contribution >= 4 is 100.0 Å². The van der Waals surface area contributed by atoms with Gasteiger partial charge in [-0.05, 0) is 119 Å². The molecule has 0 spiro atoms. The van der Waals surface area contributed by atoms with Crippen LogP contribution < -0.4 is 10.1 Å². The first kappa shape index (κ1) is 27.8. The van der Waals surface area contributed by atoms with Crippen molar-refractivity contribution in [3.63, 3.8) is 0 Å². The highest BCUT2D eigenvalue weighted by Gasteiger charge is 2.36. The van der Waals surface area contributed by atoms with Crippen molar-refractivity contribution < 1.29 is 23.5 Å². The average molecular weight is 734 g/mol. The molecule has 0 aliphatic carbocycles. The van der Waals surface area contributed by atoms with E-state index in [1.54, 1.807) is 48.5 Å². The summed E-state index contributed by atoms with van der Waals surface area (Å²) in [6.45, 7) is -0.205. The Bertz CT molecular complexity index is 1410. The first-order valence-electron chi connectivity index (χ1n) is 10.5. The van der Waals surface area contributed by atoms with Crippen molar-refractivity contribution in [2.24, 2.45) is 0 Å². The van der Waals surface area contributed by atoms with Gasteiger partial charge in [-0.2, -0.15) is 0 Å². The Hall–Kier alpha value is -2.18. The average Bonchev–Trinajstić information content (AvgIpc) is 3.09. The van der Waals surface area contributed by atoms with E-state index in [2.05, 4.69) is 53.1 Å². The van der Waals surface area contributed by atoms with Gasteiger partial charge in [-0.25, -0.2) is 4.39 Å². The van der Waals surface area contributed by atoms with E-state index in [0.717, 1.165) is 22.2 Å². The third-order valence-corrected chi connectivity index (χ3v) is 8.31. The predicted molar refractivity (Wildman–Crippen MR) is 153 cm³/mol. The number of halogens is 5. The van der Waals surface area contributed by atoms with E-state index in [0.29, 0.717) is 35.4 Å². The van der Waals surface area contributed by atoms with E-state index in [1.807, 2.05) is 0 Å². The Morgan fingerprint density at radius 2 is 1.70 bits per heavy atom. The first-order valence-corrected chi connectivity index (χ1v) is 14.0. The third-order valence-electron chi connectivity index (χ3n) is 4.99. The molecule has 12 heteroatoms. The molecule has 6 nitrogen and oxygen atoms in total. The van der Waals surface area contributed by atoms with E-state index in [-0.39, 0.29) is 17.3 Å². The summed E-state index contributed by atoms with van der Waals surface area (Å²) in [6, 6.07) is 14.3. The Balaban J connectivity index is 1.43. The molecule has 0 bridgehead atoms. The lowest BCUT2D eigenvalue weighted by molar-refractivity contribution is -0.127. The summed E-state index contributed by atoms with van der Waals surface area (Å²) in [5, 5.41) is 2.50. The van der Waals surface area contributed by atoms with Crippen LogP contribution in [0.25, 0.3) is 6.08 Å². The number of anilines is 1. The third kappa shape index (κ3) is 7.02. The normalized spacial score (nSPS) is 14.4. The van der Waals surface area contributed by atoms with Crippen LogP contribution in [0.15, 0.2) is 72.9 Å². The molecule has 1 N–H and O–H groups in total. The molecule has 1 aliphatic rings. The van der Waals surface area contributed by atoms with Gasteiger partial charge in [0, 0.05) is 10.2 Å². The van der Waals surface area contributed by atoms with Gasteiger partial charge in [0.25, 0.3) is 11.1 Å². The van der Waals surface area contributed by atoms with E-state index < -0.39 is 23.6 Å². The number of thioether (sulfide) groups is 1. The van der Waals surface area contributed by atoms with Crippen LogP contribution >= 0.6 is 71.2 Å². The molecule has 37 heavy (non-hydrogen) atoms. The number of amides is 3. The molecule has 0 atom stereocenters. The van der Waals surface area contributed by atoms with E-state index in [9.17, 15) is 18.8 Å². The number of benzene rings is 3. The molecule has 1 heterocycles. The Labute approximate surface area is 246 Å². The zero-order valence-corrected chi connectivity index (χ0v) is 24.9. The second kappa shape index (κ2) is 12.1. The summed E-state index contributed by atoms with van der Waals surface area (Å²) in [5.41, 5.74) is 1.87. The second-order valence-corrected chi connectivity index (χ2v) is 11.6. The minimum atomic E-state index is -0.567. The number of imide groups is 1. The van der Waals surface area contributed by atoms with E-state index in [1.165, 1.54) is 12.1 Å². The zero-order valence-electron chi connectivity index (χ0n) is 18.6. The predicted octanol–water partition coefficient (Wildman–Crippen LogP) is 8.02. The Morgan fingerprint density at radius 3 is 2.35 bits per heavy atom. The molecular formula is C25H15Br3ClFN2O4S. The van der Waals surface area contributed by atoms with Gasteiger partial charge >= 0.3 is 0 Å². The van der Waals surface area contributed by atoms with Crippen LogP contribution in [-0.4, -0.2) is 28.5 Å². The lowest BCUT2D eigenvalue weighted by atomic mass is 10.2. The molecule has 4 rings (SSSR count). The molecule has 1 fully saturated rings. The number of nitrogens with one attached hydrogen (secondary N) is 1. The fourth-order valence-electron chi connectivity index (χ4n) is 3.24. The second-order valence-electron chi connectivity index (χ2n) is 7.67. The summed E-state index contributed by atoms with van der Waals surface area (Å²) in [5.74, 6) is -0.896. The van der Waals surface area contributed by atoms with Crippen molar-refractivity contribution in [1.29, 1.82) is 0 Å². The molecule has 190 valence electrons. The zero-order chi connectivity index (χ0) is 26.7. The standard InChI is InChI=1S/C25H15Br3ClFN2O4S/c26-17-6-5-16(10-20(17)29)31-22(33)11-32-24(34)21(37-25(32)35)9-14-7-18(27)23(19(28)8-14)36-12-13-1-3-15(30)4-2-13/h1-10H,11-12H2,(H,31,33)/b21-9+. The molecule has 0 radical (unpaired) electrons. The summed E-state index contributed by atoms with van der Waals surface area (Å²) >= 11 is 17.0. The fraction of sp³-hybridized carbons (Fsp3) is 0.0800.